The lowest BCUT2D eigenvalue weighted by molar-refractivity contribution is -0.120. The lowest BCUT2D eigenvalue weighted by Gasteiger charge is -2.11. The standard InChI is InChI=1S/C26H24ClN3O6/c1-3-35-23-14-17(8-13-22(23)36-26(33)18-9-11-19(34-2)12-10-18)15-29-30-24(31)16-28-25(32)20-6-4-5-7-21(20)27/h4-15H,3,16H2,1-2H3,(H,28,32)(H,30,31)/b29-15+. The first kappa shape index (κ1) is 26.2. The van der Waals surface area contributed by atoms with E-state index in [1.54, 1.807) is 73.7 Å². The second kappa shape index (κ2) is 12.9. The van der Waals surface area contributed by atoms with E-state index >= 15 is 0 Å². The highest BCUT2D eigenvalue weighted by atomic mass is 35.5. The third-order valence-corrected chi connectivity index (χ3v) is 5.06. The van der Waals surface area contributed by atoms with Gasteiger partial charge in [0, 0.05) is 0 Å². The maximum absolute atomic E-state index is 12.5. The zero-order valence-electron chi connectivity index (χ0n) is 19.6. The van der Waals surface area contributed by atoms with Crippen LogP contribution in [0.25, 0.3) is 0 Å². The molecule has 0 radical (unpaired) electrons. The Kier molecular flexibility index (Phi) is 9.41. The highest BCUT2D eigenvalue weighted by Crippen LogP contribution is 2.29. The molecule has 186 valence electrons. The molecule has 0 spiro atoms. The fourth-order valence-electron chi connectivity index (χ4n) is 2.96. The van der Waals surface area contributed by atoms with Gasteiger partial charge in [-0.25, -0.2) is 10.2 Å². The van der Waals surface area contributed by atoms with Gasteiger partial charge in [0.2, 0.25) is 0 Å². The Morgan fingerprint density at radius 1 is 1.00 bits per heavy atom. The van der Waals surface area contributed by atoms with Gasteiger partial charge in [0.1, 0.15) is 5.75 Å². The van der Waals surface area contributed by atoms with E-state index in [1.807, 2.05) is 0 Å². The van der Waals surface area contributed by atoms with Gasteiger partial charge >= 0.3 is 5.97 Å². The Morgan fingerprint density at radius 2 is 1.75 bits per heavy atom. The molecule has 0 bridgehead atoms. The molecule has 2 N–H and O–H groups in total. The molecule has 0 aliphatic carbocycles. The Balaban J connectivity index is 1.57. The molecule has 36 heavy (non-hydrogen) atoms. The van der Waals surface area contributed by atoms with Gasteiger partial charge in [0.05, 0.1) is 42.6 Å². The summed E-state index contributed by atoms with van der Waals surface area (Å²) >= 11 is 5.97. The van der Waals surface area contributed by atoms with E-state index in [-0.39, 0.29) is 22.9 Å². The molecule has 0 saturated carbocycles. The number of hydrogen-bond donors (Lipinski definition) is 2. The maximum atomic E-state index is 12.5. The Labute approximate surface area is 213 Å². The molecular formula is C26H24ClN3O6. The van der Waals surface area contributed by atoms with Crippen molar-refractivity contribution in [2.24, 2.45) is 5.10 Å². The number of halogens is 1. The first-order valence-electron chi connectivity index (χ1n) is 10.9. The molecule has 2 amide bonds. The number of hydrogen-bond acceptors (Lipinski definition) is 7. The maximum Gasteiger partial charge on any atom is 0.343 e. The van der Waals surface area contributed by atoms with Gasteiger partial charge in [0.15, 0.2) is 11.5 Å². The van der Waals surface area contributed by atoms with E-state index in [0.29, 0.717) is 29.2 Å². The fraction of sp³-hybridized carbons (Fsp3) is 0.154. The average Bonchev–Trinajstić information content (AvgIpc) is 2.89. The summed E-state index contributed by atoms with van der Waals surface area (Å²) in [6, 6.07) is 17.9. The molecule has 10 heteroatoms. The molecule has 0 unspecified atom stereocenters. The van der Waals surface area contributed by atoms with Gasteiger partial charge in [-0.05, 0) is 67.1 Å². The van der Waals surface area contributed by atoms with Crippen LogP contribution in [0.15, 0.2) is 71.8 Å². The number of esters is 1. The number of nitrogens with one attached hydrogen (secondary N) is 2. The number of hydrazone groups is 1. The van der Waals surface area contributed by atoms with Crippen molar-refractivity contribution in [1.82, 2.24) is 10.7 Å². The predicted octanol–water partition coefficient (Wildman–Crippen LogP) is 3.85. The van der Waals surface area contributed by atoms with E-state index in [1.165, 1.54) is 13.3 Å². The molecular weight excluding hydrogens is 486 g/mol. The molecule has 0 fully saturated rings. The number of amides is 2. The van der Waals surface area contributed by atoms with Crippen LogP contribution in [-0.4, -0.2) is 44.3 Å². The van der Waals surface area contributed by atoms with Gasteiger partial charge in [-0.1, -0.05) is 23.7 Å². The van der Waals surface area contributed by atoms with Gasteiger partial charge in [-0.15, -0.1) is 0 Å². The number of benzene rings is 3. The largest absolute Gasteiger partial charge is 0.497 e. The fourth-order valence-corrected chi connectivity index (χ4v) is 3.18. The van der Waals surface area contributed by atoms with Crippen LogP contribution < -0.4 is 25.0 Å². The molecule has 0 aliphatic heterocycles. The van der Waals surface area contributed by atoms with Crippen LogP contribution >= 0.6 is 11.6 Å². The van der Waals surface area contributed by atoms with Crippen molar-refractivity contribution in [3.63, 3.8) is 0 Å². The van der Waals surface area contributed by atoms with Crippen molar-refractivity contribution in [2.75, 3.05) is 20.3 Å². The van der Waals surface area contributed by atoms with Crippen molar-refractivity contribution in [1.29, 1.82) is 0 Å². The number of rotatable bonds is 10. The van der Waals surface area contributed by atoms with E-state index in [2.05, 4.69) is 15.8 Å². The second-order valence-corrected chi connectivity index (χ2v) is 7.62. The summed E-state index contributed by atoms with van der Waals surface area (Å²) in [5, 5.41) is 6.65. The molecule has 9 nitrogen and oxygen atoms in total. The van der Waals surface area contributed by atoms with Gasteiger partial charge in [-0.3, -0.25) is 9.59 Å². The third kappa shape index (κ3) is 7.31. The number of carbonyl (C=O) groups is 3. The van der Waals surface area contributed by atoms with Crippen molar-refractivity contribution in [3.05, 3.63) is 88.4 Å². The Bertz CT molecular complexity index is 1260. The van der Waals surface area contributed by atoms with Gasteiger partial charge in [-0.2, -0.15) is 5.10 Å². The molecule has 3 rings (SSSR count). The minimum atomic E-state index is -0.550. The van der Waals surface area contributed by atoms with E-state index in [4.69, 9.17) is 25.8 Å². The minimum Gasteiger partial charge on any atom is -0.497 e. The molecule has 0 heterocycles. The molecule has 0 saturated heterocycles. The van der Waals surface area contributed by atoms with Gasteiger partial charge < -0.3 is 19.5 Å². The molecule has 0 aliphatic rings. The van der Waals surface area contributed by atoms with Crippen molar-refractivity contribution < 1.29 is 28.6 Å². The summed E-state index contributed by atoms with van der Waals surface area (Å²) in [6.07, 6.45) is 1.39. The number of carbonyl (C=O) groups excluding carboxylic acids is 3. The van der Waals surface area contributed by atoms with E-state index in [9.17, 15) is 14.4 Å². The normalized spacial score (nSPS) is 10.5. The van der Waals surface area contributed by atoms with Crippen LogP contribution in [0.2, 0.25) is 5.02 Å². The molecule has 0 aromatic heterocycles. The molecule has 3 aromatic carbocycles. The smallest absolute Gasteiger partial charge is 0.343 e. The summed E-state index contributed by atoms with van der Waals surface area (Å²) < 4.78 is 16.2. The van der Waals surface area contributed by atoms with Crippen molar-refractivity contribution >= 4 is 35.6 Å². The topological polar surface area (TPSA) is 115 Å². The first-order valence-corrected chi connectivity index (χ1v) is 11.3. The van der Waals surface area contributed by atoms with Crippen LogP contribution in [0, 0.1) is 0 Å². The second-order valence-electron chi connectivity index (χ2n) is 7.21. The van der Waals surface area contributed by atoms with Crippen LogP contribution in [0.4, 0.5) is 0 Å². The highest BCUT2D eigenvalue weighted by Gasteiger charge is 2.14. The summed E-state index contributed by atoms with van der Waals surface area (Å²) in [7, 11) is 1.54. The van der Waals surface area contributed by atoms with Gasteiger partial charge in [0.25, 0.3) is 11.8 Å². The zero-order chi connectivity index (χ0) is 25.9. The summed E-state index contributed by atoms with van der Waals surface area (Å²) in [5.74, 6) is -0.350. The number of methoxy groups -OCH3 is 1. The van der Waals surface area contributed by atoms with Crippen LogP contribution in [0.1, 0.15) is 33.2 Å². The van der Waals surface area contributed by atoms with Crippen LogP contribution in [-0.2, 0) is 4.79 Å². The zero-order valence-corrected chi connectivity index (χ0v) is 20.4. The van der Waals surface area contributed by atoms with Crippen LogP contribution in [0.5, 0.6) is 17.2 Å². The highest BCUT2D eigenvalue weighted by molar-refractivity contribution is 6.33. The molecule has 3 aromatic rings. The van der Waals surface area contributed by atoms with E-state index < -0.39 is 17.8 Å². The summed E-state index contributed by atoms with van der Waals surface area (Å²) in [6.45, 7) is 1.86. The summed E-state index contributed by atoms with van der Waals surface area (Å²) in [4.78, 5) is 36.6. The van der Waals surface area contributed by atoms with Crippen molar-refractivity contribution in [3.8, 4) is 17.2 Å². The van der Waals surface area contributed by atoms with Crippen LogP contribution in [0.3, 0.4) is 0 Å². The average molecular weight is 510 g/mol. The number of ether oxygens (including phenoxy) is 3. The van der Waals surface area contributed by atoms with E-state index in [0.717, 1.165) is 0 Å². The third-order valence-electron chi connectivity index (χ3n) is 4.73. The lowest BCUT2D eigenvalue weighted by atomic mass is 10.2. The Morgan fingerprint density at radius 3 is 2.44 bits per heavy atom. The number of nitrogens with zero attached hydrogens (tertiary/aromatic N) is 1. The quantitative estimate of drug-likeness (QED) is 0.186. The predicted molar refractivity (Wildman–Crippen MR) is 135 cm³/mol. The van der Waals surface area contributed by atoms with Crippen molar-refractivity contribution in [2.45, 2.75) is 6.92 Å². The Hall–Kier alpha value is -4.37. The SMILES string of the molecule is CCOc1cc(/C=N/NC(=O)CNC(=O)c2ccccc2Cl)ccc1OC(=O)c1ccc(OC)cc1. The summed E-state index contributed by atoms with van der Waals surface area (Å²) in [5.41, 5.74) is 3.54. The minimum absolute atomic E-state index is 0.237. The monoisotopic (exact) mass is 509 g/mol. The molecule has 0 atom stereocenters. The first-order chi connectivity index (χ1) is 17.4. The lowest BCUT2D eigenvalue weighted by Crippen LogP contribution is -2.35.